The van der Waals surface area contributed by atoms with Crippen LogP contribution in [-0.4, -0.2) is 21.7 Å². The van der Waals surface area contributed by atoms with Gasteiger partial charge in [-0.05, 0) is 54.6 Å². The number of benzene rings is 4. The lowest BCUT2D eigenvalue weighted by atomic mass is 10.0. The van der Waals surface area contributed by atoms with E-state index in [1.54, 1.807) is 18.2 Å². The molecule has 2 N–H and O–H groups in total. The van der Waals surface area contributed by atoms with E-state index >= 15 is 0 Å². The Morgan fingerprint density at radius 3 is 2.03 bits per heavy atom. The van der Waals surface area contributed by atoms with Gasteiger partial charge in [0.2, 0.25) is 0 Å². The summed E-state index contributed by atoms with van der Waals surface area (Å²) in [6.45, 7) is 0. The summed E-state index contributed by atoms with van der Waals surface area (Å²) in [5, 5.41) is 2.89. The summed E-state index contributed by atoms with van der Waals surface area (Å²) >= 11 is 0. The second-order valence-electron chi connectivity index (χ2n) is 7.41. The highest BCUT2D eigenvalue weighted by Crippen LogP contribution is 2.24. The molecule has 154 valence electrons. The zero-order valence-electron chi connectivity index (χ0n) is 17.1. The van der Waals surface area contributed by atoms with E-state index in [-0.39, 0.29) is 11.7 Å². The quantitative estimate of drug-likeness (QED) is 0.360. The van der Waals surface area contributed by atoms with Crippen molar-refractivity contribution in [2.24, 2.45) is 0 Å². The lowest BCUT2D eigenvalue weighted by Crippen LogP contribution is -2.11. The second-order valence-corrected chi connectivity index (χ2v) is 7.41. The van der Waals surface area contributed by atoms with Crippen LogP contribution in [0.25, 0.3) is 22.4 Å². The third-order valence-corrected chi connectivity index (χ3v) is 5.23. The molecule has 4 aromatic carbocycles. The Morgan fingerprint density at radius 1 is 0.688 bits per heavy atom. The molecule has 0 saturated heterocycles. The average Bonchev–Trinajstić information content (AvgIpc) is 3.28. The van der Waals surface area contributed by atoms with E-state index in [1.807, 2.05) is 84.9 Å². The van der Waals surface area contributed by atoms with Crippen molar-refractivity contribution in [1.29, 1.82) is 0 Å². The number of aromatic amines is 1. The second kappa shape index (κ2) is 8.32. The Balaban J connectivity index is 1.36. The van der Waals surface area contributed by atoms with Gasteiger partial charge in [-0.1, -0.05) is 48.5 Å². The maximum atomic E-state index is 12.7. The van der Waals surface area contributed by atoms with Gasteiger partial charge >= 0.3 is 0 Å². The van der Waals surface area contributed by atoms with Crippen LogP contribution >= 0.6 is 0 Å². The molecular formula is C27H19N3O2. The predicted molar refractivity (Wildman–Crippen MR) is 126 cm³/mol. The SMILES string of the molecule is O=C(Nc1ccc(-c2nc3ccc(C(=O)c4ccccc4)cc3[nH]2)cc1)c1ccccc1. The molecule has 5 aromatic rings. The first-order valence-electron chi connectivity index (χ1n) is 10.2. The first kappa shape index (κ1) is 19.5. The van der Waals surface area contributed by atoms with Crippen LogP contribution in [0.15, 0.2) is 103 Å². The van der Waals surface area contributed by atoms with Gasteiger partial charge in [0.1, 0.15) is 5.82 Å². The van der Waals surface area contributed by atoms with E-state index in [4.69, 9.17) is 0 Å². The van der Waals surface area contributed by atoms with Crippen LogP contribution in [0, 0.1) is 0 Å². The molecule has 0 saturated carbocycles. The average molecular weight is 417 g/mol. The minimum absolute atomic E-state index is 0.0258. The first-order chi connectivity index (χ1) is 15.7. The Hall–Kier alpha value is -4.51. The minimum Gasteiger partial charge on any atom is -0.338 e. The topological polar surface area (TPSA) is 74.8 Å². The standard InChI is InChI=1S/C27H19N3O2/c31-25(18-7-3-1-4-8-18)21-13-16-23-24(17-21)30-26(29-23)19-11-14-22(15-12-19)28-27(32)20-9-5-2-6-10-20/h1-17H,(H,28,32)(H,29,30). The molecule has 0 fully saturated rings. The van der Waals surface area contributed by atoms with Crippen LogP contribution in [-0.2, 0) is 0 Å². The number of hydrogen-bond acceptors (Lipinski definition) is 3. The first-order valence-corrected chi connectivity index (χ1v) is 10.2. The highest BCUT2D eigenvalue weighted by atomic mass is 16.1. The van der Waals surface area contributed by atoms with Crippen molar-refractivity contribution in [3.63, 3.8) is 0 Å². The number of nitrogens with one attached hydrogen (secondary N) is 2. The van der Waals surface area contributed by atoms with Gasteiger partial charge in [0.05, 0.1) is 11.0 Å². The zero-order chi connectivity index (χ0) is 21.9. The molecule has 32 heavy (non-hydrogen) atoms. The van der Waals surface area contributed by atoms with E-state index in [0.717, 1.165) is 16.6 Å². The smallest absolute Gasteiger partial charge is 0.255 e. The van der Waals surface area contributed by atoms with E-state index in [2.05, 4.69) is 15.3 Å². The van der Waals surface area contributed by atoms with Crippen molar-refractivity contribution in [3.05, 3.63) is 120 Å². The van der Waals surface area contributed by atoms with Gasteiger partial charge in [-0.15, -0.1) is 0 Å². The molecule has 0 atom stereocenters. The number of hydrogen-bond donors (Lipinski definition) is 2. The maximum Gasteiger partial charge on any atom is 0.255 e. The molecular weight excluding hydrogens is 398 g/mol. The van der Waals surface area contributed by atoms with Crippen LogP contribution in [0.4, 0.5) is 5.69 Å². The predicted octanol–water partition coefficient (Wildman–Crippen LogP) is 5.71. The summed E-state index contributed by atoms with van der Waals surface area (Å²) in [5.74, 6) is 0.519. The molecule has 1 heterocycles. The van der Waals surface area contributed by atoms with E-state index in [1.165, 1.54) is 0 Å². The number of nitrogens with zero attached hydrogens (tertiary/aromatic N) is 1. The number of fused-ring (bicyclic) bond motifs is 1. The van der Waals surface area contributed by atoms with E-state index < -0.39 is 0 Å². The van der Waals surface area contributed by atoms with Gasteiger partial charge in [0.15, 0.2) is 5.78 Å². The van der Waals surface area contributed by atoms with E-state index in [9.17, 15) is 9.59 Å². The molecule has 5 nitrogen and oxygen atoms in total. The number of carbonyl (C=O) groups is 2. The molecule has 0 spiro atoms. The Labute approximate surface area is 184 Å². The molecule has 0 unspecified atom stereocenters. The molecule has 0 aliphatic rings. The Bertz CT molecular complexity index is 1410. The van der Waals surface area contributed by atoms with Gasteiger partial charge in [-0.2, -0.15) is 0 Å². The summed E-state index contributed by atoms with van der Waals surface area (Å²) in [6.07, 6.45) is 0. The summed E-state index contributed by atoms with van der Waals surface area (Å²) in [6, 6.07) is 31.2. The van der Waals surface area contributed by atoms with Crippen molar-refractivity contribution in [1.82, 2.24) is 9.97 Å². The summed E-state index contributed by atoms with van der Waals surface area (Å²) in [5.41, 5.74) is 5.03. The number of aromatic nitrogens is 2. The number of anilines is 1. The Morgan fingerprint density at radius 2 is 1.34 bits per heavy atom. The fraction of sp³-hybridized carbons (Fsp3) is 0. The van der Waals surface area contributed by atoms with Crippen LogP contribution in [0.2, 0.25) is 0 Å². The number of carbonyl (C=O) groups excluding carboxylic acids is 2. The monoisotopic (exact) mass is 417 g/mol. The lowest BCUT2D eigenvalue weighted by molar-refractivity contribution is 0.102. The largest absolute Gasteiger partial charge is 0.338 e. The molecule has 0 aliphatic carbocycles. The molecule has 1 amide bonds. The van der Waals surface area contributed by atoms with E-state index in [0.29, 0.717) is 28.2 Å². The highest BCUT2D eigenvalue weighted by molar-refractivity contribution is 6.10. The van der Waals surface area contributed by atoms with Gasteiger partial charge in [0, 0.05) is 27.9 Å². The summed E-state index contributed by atoms with van der Waals surface area (Å²) in [4.78, 5) is 33.0. The third kappa shape index (κ3) is 3.91. The fourth-order valence-electron chi connectivity index (χ4n) is 3.55. The fourth-order valence-corrected chi connectivity index (χ4v) is 3.55. The van der Waals surface area contributed by atoms with Crippen LogP contribution < -0.4 is 5.32 Å². The lowest BCUT2D eigenvalue weighted by Gasteiger charge is -2.06. The van der Waals surface area contributed by atoms with Crippen LogP contribution in [0.5, 0.6) is 0 Å². The van der Waals surface area contributed by atoms with Gasteiger partial charge in [-0.25, -0.2) is 4.98 Å². The van der Waals surface area contributed by atoms with Crippen molar-refractivity contribution in [2.75, 3.05) is 5.32 Å². The normalized spacial score (nSPS) is 10.8. The van der Waals surface area contributed by atoms with Crippen molar-refractivity contribution in [2.45, 2.75) is 0 Å². The van der Waals surface area contributed by atoms with Gasteiger partial charge < -0.3 is 10.3 Å². The number of amides is 1. The molecule has 0 radical (unpaired) electrons. The number of imidazole rings is 1. The Kier molecular flexibility index (Phi) is 5.06. The highest BCUT2D eigenvalue weighted by Gasteiger charge is 2.12. The van der Waals surface area contributed by atoms with Crippen molar-refractivity contribution < 1.29 is 9.59 Å². The number of ketones is 1. The van der Waals surface area contributed by atoms with Gasteiger partial charge in [0.25, 0.3) is 5.91 Å². The molecule has 5 rings (SSSR count). The van der Waals surface area contributed by atoms with Gasteiger partial charge in [-0.3, -0.25) is 9.59 Å². The minimum atomic E-state index is -0.155. The van der Waals surface area contributed by atoms with Crippen LogP contribution in [0.1, 0.15) is 26.3 Å². The molecule has 0 aliphatic heterocycles. The number of H-pyrrole nitrogens is 1. The zero-order valence-corrected chi connectivity index (χ0v) is 17.1. The summed E-state index contributed by atoms with van der Waals surface area (Å²) < 4.78 is 0. The summed E-state index contributed by atoms with van der Waals surface area (Å²) in [7, 11) is 0. The molecule has 1 aromatic heterocycles. The molecule has 0 bridgehead atoms. The van der Waals surface area contributed by atoms with Crippen molar-refractivity contribution >= 4 is 28.4 Å². The maximum absolute atomic E-state index is 12.7. The number of rotatable bonds is 5. The third-order valence-electron chi connectivity index (χ3n) is 5.23. The molecule has 5 heteroatoms. The van der Waals surface area contributed by atoms with Crippen LogP contribution in [0.3, 0.4) is 0 Å². The van der Waals surface area contributed by atoms with Crippen molar-refractivity contribution in [3.8, 4) is 11.4 Å².